The van der Waals surface area contributed by atoms with Crippen molar-refractivity contribution in [1.82, 2.24) is 10.2 Å². The fraction of sp³-hybridized carbons (Fsp3) is 0.647. The molecular weight excluding hydrogens is 232 g/mol. The normalized spacial score (nSPS) is 13.2. The summed E-state index contributed by atoms with van der Waals surface area (Å²) in [4.78, 5) is 2.54. The van der Waals surface area contributed by atoms with E-state index in [1.807, 2.05) is 0 Å². The zero-order valence-electron chi connectivity index (χ0n) is 13.0. The third kappa shape index (κ3) is 4.96. The average molecular weight is 262 g/mol. The molecule has 2 heteroatoms. The second-order valence-corrected chi connectivity index (χ2v) is 5.27. The smallest absolute Gasteiger partial charge is 0.0472 e. The van der Waals surface area contributed by atoms with Gasteiger partial charge in [-0.3, -0.25) is 4.90 Å². The molecule has 1 N–H and O–H groups in total. The maximum absolute atomic E-state index is 3.58. The molecule has 0 radical (unpaired) electrons. The van der Waals surface area contributed by atoms with Crippen molar-refractivity contribution >= 4 is 0 Å². The van der Waals surface area contributed by atoms with Crippen molar-refractivity contribution in [3.8, 4) is 0 Å². The predicted octanol–water partition coefficient (Wildman–Crippen LogP) is 3.85. The molecule has 0 bridgehead atoms. The largest absolute Gasteiger partial charge is 0.315 e. The molecule has 0 aliphatic rings. The Labute approximate surface area is 119 Å². The van der Waals surface area contributed by atoms with Gasteiger partial charge in [0.25, 0.3) is 0 Å². The van der Waals surface area contributed by atoms with Crippen LogP contribution in [0.3, 0.4) is 0 Å². The molecule has 1 aromatic carbocycles. The van der Waals surface area contributed by atoms with E-state index in [0.717, 1.165) is 13.1 Å². The molecule has 0 spiro atoms. The van der Waals surface area contributed by atoms with Crippen LogP contribution in [0.4, 0.5) is 0 Å². The minimum atomic E-state index is 0.470. The quantitative estimate of drug-likeness (QED) is 0.680. The Bertz CT molecular complexity index is 319. The minimum Gasteiger partial charge on any atom is -0.315 e. The molecule has 108 valence electrons. The number of nitrogens with zero attached hydrogens (tertiary/aromatic N) is 1. The van der Waals surface area contributed by atoms with Gasteiger partial charge in [-0.15, -0.1) is 0 Å². The zero-order valence-corrected chi connectivity index (χ0v) is 13.0. The molecule has 0 saturated heterocycles. The highest BCUT2D eigenvalue weighted by molar-refractivity contribution is 5.19. The van der Waals surface area contributed by atoms with Crippen LogP contribution in [-0.2, 0) is 0 Å². The van der Waals surface area contributed by atoms with Crippen LogP contribution in [0, 0.1) is 0 Å². The molecule has 1 aromatic rings. The second-order valence-electron chi connectivity index (χ2n) is 5.27. The first-order valence-electron chi connectivity index (χ1n) is 7.72. The first-order chi connectivity index (χ1) is 9.24. The summed E-state index contributed by atoms with van der Waals surface area (Å²) in [7, 11) is 2.27. The molecule has 1 atom stereocenters. The molecule has 0 aliphatic carbocycles. The van der Waals surface area contributed by atoms with Crippen LogP contribution in [0.15, 0.2) is 30.3 Å². The third-order valence-corrected chi connectivity index (χ3v) is 3.96. The highest BCUT2D eigenvalue weighted by atomic mass is 15.2. The first-order valence-corrected chi connectivity index (χ1v) is 7.72. The van der Waals surface area contributed by atoms with Gasteiger partial charge < -0.3 is 5.32 Å². The Morgan fingerprint density at radius 3 is 2.21 bits per heavy atom. The van der Waals surface area contributed by atoms with Gasteiger partial charge in [-0.25, -0.2) is 0 Å². The van der Waals surface area contributed by atoms with E-state index in [0.29, 0.717) is 12.1 Å². The zero-order chi connectivity index (χ0) is 14.1. The van der Waals surface area contributed by atoms with Crippen LogP contribution in [0.2, 0.25) is 0 Å². The van der Waals surface area contributed by atoms with Crippen LogP contribution < -0.4 is 5.32 Å². The average Bonchev–Trinajstić information content (AvgIpc) is 2.46. The molecule has 1 rings (SSSR count). The maximum Gasteiger partial charge on any atom is 0.0472 e. The van der Waals surface area contributed by atoms with Crippen LogP contribution in [0.25, 0.3) is 0 Å². The summed E-state index contributed by atoms with van der Waals surface area (Å²) in [6.45, 7) is 8.92. The number of nitrogens with one attached hydrogen (secondary N) is 1. The van der Waals surface area contributed by atoms with Crippen LogP contribution in [0.5, 0.6) is 0 Å². The lowest BCUT2D eigenvalue weighted by atomic mass is 10.0. The van der Waals surface area contributed by atoms with E-state index < -0.39 is 0 Å². The Morgan fingerprint density at radius 1 is 1.05 bits per heavy atom. The highest BCUT2D eigenvalue weighted by Gasteiger charge is 2.21. The summed E-state index contributed by atoms with van der Waals surface area (Å²) in [6, 6.07) is 12.0. The van der Waals surface area contributed by atoms with Gasteiger partial charge in [-0.1, -0.05) is 51.1 Å². The van der Waals surface area contributed by atoms with E-state index in [1.165, 1.54) is 24.8 Å². The third-order valence-electron chi connectivity index (χ3n) is 3.96. The monoisotopic (exact) mass is 262 g/mol. The number of likely N-dealkylation sites (N-methyl/N-ethyl adjacent to an activating group) is 1. The van der Waals surface area contributed by atoms with Gasteiger partial charge in [0.1, 0.15) is 0 Å². The van der Waals surface area contributed by atoms with Gasteiger partial charge in [-0.05, 0) is 38.4 Å². The van der Waals surface area contributed by atoms with E-state index in [2.05, 4.69) is 68.4 Å². The number of rotatable bonds is 9. The van der Waals surface area contributed by atoms with E-state index in [4.69, 9.17) is 0 Å². The first kappa shape index (κ1) is 16.2. The van der Waals surface area contributed by atoms with Crippen molar-refractivity contribution < 1.29 is 0 Å². The maximum atomic E-state index is 3.58. The molecule has 0 aromatic heterocycles. The van der Waals surface area contributed by atoms with E-state index in [9.17, 15) is 0 Å². The van der Waals surface area contributed by atoms with Crippen molar-refractivity contribution in [3.63, 3.8) is 0 Å². The van der Waals surface area contributed by atoms with Gasteiger partial charge in [0, 0.05) is 18.6 Å². The van der Waals surface area contributed by atoms with Crippen molar-refractivity contribution in [2.45, 2.75) is 52.1 Å². The van der Waals surface area contributed by atoms with Crippen molar-refractivity contribution in [1.29, 1.82) is 0 Å². The summed E-state index contributed by atoms with van der Waals surface area (Å²) >= 11 is 0. The van der Waals surface area contributed by atoms with Crippen molar-refractivity contribution in [2.24, 2.45) is 0 Å². The number of benzene rings is 1. The van der Waals surface area contributed by atoms with Crippen molar-refractivity contribution in [2.75, 3.05) is 20.1 Å². The fourth-order valence-electron chi connectivity index (χ4n) is 2.71. The van der Waals surface area contributed by atoms with Crippen LogP contribution in [0.1, 0.15) is 51.6 Å². The molecule has 1 unspecified atom stereocenters. The number of hydrogen-bond donors (Lipinski definition) is 1. The molecule has 0 heterocycles. The highest BCUT2D eigenvalue weighted by Crippen LogP contribution is 2.23. The Balaban J connectivity index is 2.79. The Morgan fingerprint density at radius 2 is 1.68 bits per heavy atom. The predicted molar refractivity (Wildman–Crippen MR) is 84.5 cm³/mol. The van der Waals surface area contributed by atoms with Crippen LogP contribution in [-0.4, -0.2) is 31.1 Å². The van der Waals surface area contributed by atoms with Crippen LogP contribution >= 0.6 is 0 Å². The second kappa shape index (κ2) is 9.11. The minimum absolute atomic E-state index is 0.470. The van der Waals surface area contributed by atoms with E-state index in [-0.39, 0.29) is 0 Å². The van der Waals surface area contributed by atoms with Gasteiger partial charge in [0.15, 0.2) is 0 Å². The standard InChI is InChI=1S/C17H30N2/c1-5-13-18-14-17(15-11-9-8-10-12-15)19(4)16(6-2)7-3/h8-12,16-18H,5-7,13-14H2,1-4H3. The lowest BCUT2D eigenvalue weighted by molar-refractivity contribution is 0.160. The summed E-state index contributed by atoms with van der Waals surface area (Å²) in [6.07, 6.45) is 3.62. The lowest BCUT2D eigenvalue weighted by Gasteiger charge is -2.35. The summed E-state index contributed by atoms with van der Waals surface area (Å²) in [5, 5.41) is 3.58. The Hall–Kier alpha value is -0.860. The van der Waals surface area contributed by atoms with Gasteiger partial charge >= 0.3 is 0 Å². The van der Waals surface area contributed by atoms with Gasteiger partial charge in [0.05, 0.1) is 0 Å². The summed E-state index contributed by atoms with van der Waals surface area (Å²) < 4.78 is 0. The molecule has 0 fully saturated rings. The molecule has 19 heavy (non-hydrogen) atoms. The van der Waals surface area contributed by atoms with Gasteiger partial charge in [-0.2, -0.15) is 0 Å². The molecule has 0 amide bonds. The molecule has 0 saturated carbocycles. The Kier molecular flexibility index (Phi) is 7.76. The summed E-state index contributed by atoms with van der Waals surface area (Å²) in [5.74, 6) is 0. The summed E-state index contributed by atoms with van der Waals surface area (Å²) in [5.41, 5.74) is 1.42. The molecule has 0 aliphatic heterocycles. The molecule has 2 nitrogen and oxygen atoms in total. The van der Waals surface area contributed by atoms with E-state index in [1.54, 1.807) is 0 Å². The molecular formula is C17H30N2. The van der Waals surface area contributed by atoms with Gasteiger partial charge in [0.2, 0.25) is 0 Å². The SMILES string of the molecule is CCCNCC(c1ccccc1)N(C)C(CC)CC. The topological polar surface area (TPSA) is 15.3 Å². The van der Waals surface area contributed by atoms with Crippen molar-refractivity contribution in [3.05, 3.63) is 35.9 Å². The fourth-order valence-corrected chi connectivity index (χ4v) is 2.71. The number of hydrogen-bond acceptors (Lipinski definition) is 2. The van der Waals surface area contributed by atoms with E-state index >= 15 is 0 Å². The lowest BCUT2D eigenvalue weighted by Crippen LogP contribution is -2.39.